The van der Waals surface area contributed by atoms with Gasteiger partial charge in [0.25, 0.3) is 8.32 Å². The molecule has 16 atom stereocenters. The van der Waals surface area contributed by atoms with Gasteiger partial charge in [-0.25, -0.2) is 4.79 Å². The van der Waals surface area contributed by atoms with Crippen molar-refractivity contribution in [3.05, 3.63) is 504 Å². The average molecular weight is 1850 g/mol. The van der Waals surface area contributed by atoms with Crippen LogP contribution in [0, 0.1) is 0 Å². The zero-order valence-corrected chi connectivity index (χ0v) is 78.7. The Morgan fingerprint density at radius 2 is 0.526 bits per heavy atom. The van der Waals surface area contributed by atoms with E-state index < -0.39 is 123 Å². The number of hydrogen-bond acceptors (Lipinski definition) is 17. The summed E-state index contributed by atoms with van der Waals surface area (Å²) >= 11 is 0. The summed E-state index contributed by atoms with van der Waals surface area (Å²) in [6, 6.07) is 140. The maximum Gasteiger partial charge on any atom is 0.338 e. The molecule has 702 valence electrons. The second-order valence-corrected chi connectivity index (χ2v) is 40.1. The molecule has 0 spiro atoms. The minimum absolute atomic E-state index is 0.00772. The quantitative estimate of drug-likeness (QED) is 0.0153. The second-order valence-electron chi connectivity index (χ2n) is 35.8. The van der Waals surface area contributed by atoms with Gasteiger partial charge in [-0.2, -0.15) is 0 Å². The van der Waals surface area contributed by atoms with Crippen molar-refractivity contribution in [2.75, 3.05) is 19.8 Å². The fourth-order valence-corrected chi connectivity index (χ4v) is 23.4. The molecular weight excluding hydrogens is 1730 g/mol. The van der Waals surface area contributed by atoms with Gasteiger partial charge in [-0.3, -0.25) is 0 Å². The molecule has 3 fully saturated rings. The van der Waals surface area contributed by atoms with Crippen molar-refractivity contribution in [1.29, 1.82) is 0 Å². The molecule has 14 aromatic rings. The molecule has 14 aromatic carbocycles. The van der Waals surface area contributed by atoms with Crippen molar-refractivity contribution in [1.82, 2.24) is 0 Å². The molecule has 0 N–H and O–H groups in total. The lowest BCUT2D eigenvalue weighted by Gasteiger charge is -2.54. The van der Waals surface area contributed by atoms with Gasteiger partial charge in [-0.15, -0.1) is 6.58 Å². The molecule has 0 radical (unpaired) electrons. The van der Waals surface area contributed by atoms with Gasteiger partial charge in [0, 0.05) is 0 Å². The average Bonchev–Trinajstić information content (AvgIpc) is 0.773. The monoisotopic (exact) mass is 1850 g/mol. The van der Waals surface area contributed by atoms with Crippen LogP contribution in [0.3, 0.4) is 0 Å². The first-order chi connectivity index (χ1) is 67.5. The summed E-state index contributed by atoms with van der Waals surface area (Å²) in [5.41, 5.74) is 8.33. The largest absolute Gasteiger partial charge is 0.450 e. The Morgan fingerprint density at radius 3 is 0.832 bits per heavy atom. The van der Waals surface area contributed by atoms with E-state index in [-0.39, 0.29) is 78.2 Å². The van der Waals surface area contributed by atoms with E-state index in [1.54, 1.807) is 30.3 Å². The highest BCUT2D eigenvalue weighted by atomic mass is 28.4. The highest BCUT2D eigenvalue weighted by Gasteiger charge is 2.62. The zero-order chi connectivity index (χ0) is 93.7. The third-order valence-electron chi connectivity index (χ3n) is 25.5. The van der Waals surface area contributed by atoms with Gasteiger partial charge < -0.3 is 75.5 Å². The van der Waals surface area contributed by atoms with E-state index in [0.29, 0.717) is 0 Å². The molecule has 0 amide bonds. The number of benzene rings is 14. The van der Waals surface area contributed by atoms with Crippen LogP contribution in [0.1, 0.15) is 92.3 Å². The predicted molar refractivity (Wildman–Crippen MR) is 532 cm³/mol. The molecule has 3 aliphatic rings. The van der Waals surface area contributed by atoms with Crippen LogP contribution >= 0.6 is 0 Å². The number of rotatable bonds is 44. The van der Waals surface area contributed by atoms with Gasteiger partial charge in [0.2, 0.25) is 0 Å². The summed E-state index contributed by atoms with van der Waals surface area (Å²) < 4.78 is 125. The van der Waals surface area contributed by atoms with Gasteiger partial charge >= 0.3 is 5.97 Å². The molecule has 1 unspecified atom stereocenters. The Bertz CT molecular complexity index is 5730. The number of ether oxygens (including phenoxy) is 15. The van der Waals surface area contributed by atoms with Crippen molar-refractivity contribution < 1.29 is 80.3 Å². The third kappa shape index (κ3) is 24.4. The van der Waals surface area contributed by atoms with Crippen LogP contribution in [0.2, 0.25) is 5.04 Å². The number of hydrogen-bond donors (Lipinski definition) is 0. The van der Waals surface area contributed by atoms with E-state index in [9.17, 15) is 0 Å². The van der Waals surface area contributed by atoms with Gasteiger partial charge in [-0.1, -0.05) is 439 Å². The van der Waals surface area contributed by atoms with E-state index in [1.165, 1.54) is 0 Å². The van der Waals surface area contributed by atoms with Crippen LogP contribution in [-0.4, -0.2) is 132 Å². The van der Waals surface area contributed by atoms with Gasteiger partial charge in [-0.05, 0) is 88.7 Å². The molecule has 2 aliphatic heterocycles. The normalized spacial score (nSPS) is 22.4. The molecular formula is C119H120O17Si. The van der Waals surface area contributed by atoms with Gasteiger partial charge in [0.15, 0.2) is 18.7 Å². The molecule has 137 heavy (non-hydrogen) atoms. The summed E-state index contributed by atoms with van der Waals surface area (Å²) in [7, 11) is -3.45. The summed E-state index contributed by atoms with van der Waals surface area (Å²) in [6.07, 6.45) is -18.4. The standard InChI is InChI=1S/C119H120O17Si/c1-5-76-121-110-111(135-116-113(129-84-94-62-34-13-35-63-94)105(124-79-89-52-24-8-25-53-89)104(123-78-88-50-22-7-23-51-88)102(133-116)86-131-137(118(2,3)4,99-72-44-18-45-73-99)100-74-46-19-47-75-100)108(127-82-92-58-30-11-31-59-92)107(126-81-91-56-28-10-29-57-91)109(128-83-93-60-32-12-33-61-93)112(110)136-117-114(134-115(120)95-64-36-14-37-65-95)106(125-80-90-54-26-9-27-55-90)103(122-77-87-48-20-6-21-49-87)101(132-117)85-130-119(96-66-38-15-39-67-96,97-68-40-16-41-69-97)98-70-42-17-43-71-98/h5-75,101-114,116-117H,1,76-86H2,2-4H3/t101-,102-,103-,104-,105+,106+,107-,108-,109+,110-,111-,112-,113+,114+,116?,117-/m1/s1. The molecule has 2 saturated heterocycles. The fraction of sp³-hybridized carbons (Fsp3) is 0.269. The topological polar surface area (TPSA) is 165 Å². The van der Waals surface area contributed by atoms with Crippen molar-refractivity contribution in [2.45, 2.75) is 182 Å². The maximum absolute atomic E-state index is 15.9. The Hall–Kier alpha value is -12.1. The minimum atomic E-state index is -3.45. The Kier molecular flexibility index (Phi) is 34.0. The molecule has 18 heteroatoms. The van der Waals surface area contributed by atoms with E-state index in [2.05, 4.69) is 112 Å². The second kappa shape index (κ2) is 48.3. The lowest BCUT2D eigenvalue weighted by molar-refractivity contribution is -0.380. The van der Waals surface area contributed by atoms with Crippen LogP contribution in [0.5, 0.6) is 0 Å². The highest BCUT2D eigenvalue weighted by Crippen LogP contribution is 2.46. The molecule has 17 nitrogen and oxygen atoms in total. The third-order valence-corrected chi connectivity index (χ3v) is 30.5. The lowest BCUT2D eigenvalue weighted by atomic mass is 9.80. The van der Waals surface area contributed by atoms with E-state index in [0.717, 1.165) is 71.6 Å². The smallest absolute Gasteiger partial charge is 0.338 e. The van der Waals surface area contributed by atoms with Crippen LogP contribution in [0.25, 0.3) is 0 Å². The zero-order valence-electron chi connectivity index (χ0n) is 77.7. The first-order valence-corrected chi connectivity index (χ1v) is 49.3. The van der Waals surface area contributed by atoms with E-state index in [4.69, 9.17) is 75.5 Å². The van der Waals surface area contributed by atoms with Crippen LogP contribution < -0.4 is 10.4 Å². The number of carbonyl (C=O) groups is 1. The highest BCUT2D eigenvalue weighted by molar-refractivity contribution is 6.99. The molecule has 2 heterocycles. The molecule has 1 aliphatic carbocycles. The van der Waals surface area contributed by atoms with Crippen molar-refractivity contribution in [3.63, 3.8) is 0 Å². The Balaban J connectivity index is 0.881. The van der Waals surface area contributed by atoms with Gasteiger partial charge in [0.05, 0.1) is 78.2 Å². The van der Waals surface area contributed by atoms with Gasteiger partial charge in [0.1, 0.15) is 85.0 Å². The first-order valence-electron chi connectivity index (χ1n) is 47.4. The summed E-state index contributed by atoms with van der Waals surface area (Å²) in [5, 5.41) is 1.63. The number of esters is 1. The van der Waals surface area contributed by atoms with Crippen LogP contribution in [0.4, 0.5) is 0 Å². The van der Waals surface area contributed by atoms with Crippen molar-refractivity contribution in [3.8, 4) is 0 Å². The summed E-state index contributed by atoms with van der Waals surface area (Å²) in [5.74, 6) is -0.701. The van der Waals surface area contributed by atoms with Crippen molar-refractivity contribution >= 4 is 24.7 Å². The molecule has 1 saturated carbocycles. The Morgan fingerprint density at radius 1 is 0.285 bits per heavy atom. The predicted octanol–water partition coefficient (Wildman–Crippen LogP) is 21.3. The minimum Gasteiger partial charge on any atom is -0.450 e. The first kappa shape index (κ1) is 96.6. The summed E-state index contributed by atoms with van der Waals surface area (Å²) in [6.45, 7) is 11.3. The lowest BCUT2D eigenvalue weighted by Crippen LogP contribution is -2.71. The molecule has 0 bridgehead atoms. The molecule has 0 aromatic heterocycles. The van der Waals surface area contributed by atoms with E-state index >= 15 is 4.79 Å². The van der Waals surface area contributed by atoms with Crippen LogP contribution in [0.15, 0.2) is 437 Å². The maximum atomic E-state index is 15.9. The summed E-state index contributed by atoms with van der Waals surface area (Å²) in [4.78, 5) is 15.9. The Labute approximate surface area is 806 Å². The van der Waals surface area contributed by atoms with E-state index in [1.807, 2.05) is 315 Å². The fourth-order valence-electron chi connectivity index (χ4n) is 18.9. The molecule has 17 rings (SSSR count). The van der Waals surface area contributed by atoms with Crippen LogP contribution in [-0.2, 0) is 134 Å². The number of carbonyl (C=O) groups excluding carboxylic acids is 1. The SMILES string of the molecule is C=CCO[C@@H]1[C@H](OC2O[C@H](CO[Si](c3ccccc3)(c3ccccc3)C(C)(C)C)[C@@H](OCc3ccccc3)[C@H](OCc3ccccc3)[C@@H]2OCc2ccccc2)[C@H](OCc2ccccc2)[C@@H](OCc2ccccc2)[C@H](OCc2ccccc2)[C@H]1O[C@H]1O[C@H](COC(c2ccccc2)(c2ccccc2)c2ccccc2)[C@@H](OCc2ccccc2)[C@H](OCc2ccccc2)[C@@H]1OC(=O)c1ccccc1. The van der Waals surface area contributed by atoms with Crippen molar-refractivity contribution in [2.24, 2.45) is 0 Å².